The number of hydrogen-bond donors (Lipinski definition) is 0. The van der Waals surface area contributed by atoms with Crippen molar-refractivity contribution in [3.05, 3.63) is 55.3 Å². The molecule has 1 unspecified atom stereocenters. The number of thiophene rings is 1. The highest BCUT2D eigenvalue weighted by Gasteiger charge is 2.12. The molecule has 0 fully saturated rings. The molecule has 2 aromatic rings. The first-order valence-electron chi connectivity index (χ1n) is 5.66. The molecule has 1 nitrogen and oxygen atoms in total. The molecule has 2 rings (SSSR count). The van der Waals surface area contributed by atoms with Crippen LogP contribution in [0.4, 0.5) is 0 Å². The monoisotopic (exact) mass is 392 g/mol. The number of halogens is 2. The van der Waals surface area contributed by atoms with Gasteiger partial charge in [0.25, 0.3) is 0 Å². The molecule has 4 heteroatoms. The van der Waals surface area contributed by atoms with Crippen LogP contribution in [-0.4, -0.2) is 13.7 Å². The highest BCUT2D eigenvalue weighted by atomic mass is 127. The molecule has 0 N–H and O–H groups in total. The summed E-state index contributed by atoms with van der Waals surface area (Å²) in [5.41, 5.74) is 3.60. The zero-order valence-corrected chi connectivity index (χ0v) is 13.8. The van der Waals surface area contributed by atoms with Crippen LogP contribution < -0.4 is 0 Å². The Bertz CT molecular complexity index is 495. The van der Waals surface area contributed by atoms with Gasteiger partial charge in [-0.15, -0.1) is 22.9 Å². The van der Waals surface area contributed by atoms with Gasteiger partial charge in [0.15, 0.2) is 0 Å². The van der Waals surface area contributed by atoms with Crippen molar-refractivity contribution in [3.8, 4) is 0 Å². The van der Waals surface area contributed by atoms with Gasteiger partial charge in [-0.1, -0.05) is 24.3 Å². The Balaban J connectivity index is 2.09. The van der Waals surface area contributed by atoms with Gasteiger partial charge in [0.2, 0.25) is 0 Å². The highest BCUT2D eigenvalue weighted by molar-refractivity contribution is 14.1. The zero-order chi connectivity index (χ0) is 13.0. The fourth-order valence-corrected chi connectivity index (χ4v) is 3.47. The third-order valence-electron chi connectivity index (χ3n) is 2.75. The third kappa shape index (κ3) is 3.70. The van der Waals surface area contributed by atoms with Crippen molar-refractivity contribution in [2.45, 2.75) is 11.8 Å². The molecule has 0 aliphatic carbocycles. The summed E-state index contributed by atoms with van der Waals surface area (Å²) in [5, 5.41) is 2.07. The van der Waals surface area contributed by atoms with Crippen molar-refractivity contribution in [1.82, 2.24) is 0 Å². The average molecular weight is 393 g/mol. The lowest BCUT2D eigenvalue weighted by Gasteiger charge is -2.09. The van der Waals surface area contributed by atoms with Crippen molar-refractivity contribution in [1.29, 1.82) is 0 Å². The maximum atomic E-state index is 6.48. The summed E-state index contributed by atoms with van der Waals surface area (Å²) in [4.78, 5) is 0. The fourth-order valence-electron chi connectivity index (χ4n) is 1.72. The molecule has 0 saturated carbocycles. The highest BCUT2D eigenvalue weighted by Crippen LogP contribution is 2.32. The fraction of sp³-hybridized carbons (Fsp3) is 0.286. The minimum Gasteiger partial charge on any atom is -0.384 e. The first-order valence-corrected chi connectivity index (χ1v) is 8.06. The molecule has 1 heterocycles. The van der Waals surface area contributed by atoms with Crippen LogP contribution in [0.5, 0.6) is 0 Å². The quantitative estimate of drug-likeness (QED) is 0.521. The largest absolute Gasteiger partial charge is 0.384 e. The second kappa shape index (κ2) is 6.89. The van der Waals surface area contributed by atoms with E-state index in [0.29, 0.717) is 0 Å². The minimum absolute atomic E-state index is 0.0544. The van der Waals surface area contributed by atoms with Crippen LogP contribution in [0.2, 0.25) is 0 Å². The van der Waals surface area contributed by atoms with Gasteiger partial charge in [0, 0.05) is 7.11 Å². The molecule has 1 atom stereocenters. The first kappa shape index (κ1) is 14.3. The summed E-state index contributed by atoms with van der Waals surface area (Å²) in [6.45, 7) is 0.756. The second-order valence-corrected chi connectivity index (χ2v) is 7.27. The number of hydrogen-bond acceptors (Lipinski definition) is 2. The molecule has 0 bridgehead atoms. The molecule has 1 aromatic carbocycles. The molecule has 1 aromatic heterocycles. The molecule has 18 heavy (non-hydrogen) atoms. The van der Waals surface area contributed by atoms with E-state index in [1.807, 2.05) is 0 Å². The van der Waals surface area contributed by atoms with E-state index in [-0.39, 0.29) is 5.38 Å². The van der Waals surface area contributed by atoms with Gasteiger partial charge in [0.05, 0.1) is 14.9 Å². The lowest BCUT2D eigenvalue weighted by Crippen LogP contribution is -1.96. The van der Waals surface area contributed by atoms with E-state index in [0.717, 1.165) is 18.6 Å². The summed E-state index contributed by atoms with van der Waals surface area (Å²) in [6, 6.07) is 10.6. The molecule has 0 saturated heterocycles. The molecule has 96 valence electrons. The van der Waals surface area contributed by atoms with Gasteiger partial charge in [-0.3, -0.25) is 0 Å². The number of rotatable bonds is 5. The summed E-state index contributed by atoms with van der Waals surface area (Å²) in [7, 11) is 1.72. The number of alkyl halides is 1. The Morgan fingerprint density at radius 2 is 2.00 bits per heavy atom. The van der Waals surface area contributed by atoms with Crippen LogP contribution >= 0.6 is 45.5 Å². The van der Waals surface area contributed by atoms with Gasteiger partial charge in [-0.25, -0.2) is 0 Å². The molecular formula is C14H14ClIOS. The lowest BCUT2D eigenvalue weighted by atomic mass is 10.0. The first-order chi connectivity index (χ1) is 8.70. The summed E-state index contributed by atoms with van der Waals surface area (Å²) >= 11 is 10.5. The van der Waals surface area contributed by atoms with Gasteiger partial charge < -0.3 is 4.74 Å². The molecule has 0 radical (unpaired) electrons. The molecule has 0 aliphatic rings. The summed E-state index contributed by atoms with van der Waals surface area (Å²) in [6.07, 6.45) is 0.945. The van der Waals surface area contributed by atoms with E-state index in [9.17, 15) is 0 Å². The molecular weight excluding hydrogens is 379 g/mol. The Labute approximate surface area is 130 Å². The second-order valence-electron chi connectivity index (χ2n) is 4.03. The van der Waals surface area contributed by atoms with Crippen molar-refractivity contribution in [3.63, 3.8) is 0 Å². The minimum atomic E-state index is -0.0544. The van der Waals surface area contributed by atoms with Crippen molar-refractivity contribution >= 4 is 45.5 Å². The van der Waals surface area contributed by atoms with E-state index in [1.165, 1.54) is 14.0 Å². The predicted molar refractivity (Wildman–Crippen MR) is 86.8 cm³/mol. The maximum absolute atomic E-state index is 6.48. The Morgan fingerprint density at radius 3 is 2.56 bits per heavy atom. The van der Waals surface area contributed by atoms with Crippen molar-refractivity contribution < 1.29 is 4.74 Å². The van der Waals surface area contributed by atoms with Gasteiger partial charge in [0.1, 0.15) is 0 Å². The summed E-state index contributed by atoms with van der Waals surface area (Å²) < 4.78 is 6.34. The van der Waals surface area contributed by atoms with Gasteiger partial charge >= 0.3 is 0 Å². The van der Waals surface area contributed by atoms with Crippen molar-refractivity contribution in [2.75, 3.05) is 13.7 Å². The Kier molecular flexibility index (Phi) is 5.48. The van der Waals surface area contributed by atoms with Crippen LogP contribution in [0.25, 0.3) is 0 Å². The van der Waals surface area contributed by atoms with Crippen LogP contribution in [0.15, 0.2) is 35.7 Å². The molecule has 0 amide bonds. The Hall–Kier alpha value is -0.100. The van der Waals surface area contributed by atoms with Crippen LogP contribution in [-0.2, 0) is 11.2 Å². The van der Waals surface area contributed by atoms with E-state index >= 15 is 0 Å². The van der Waals surface area contributed by atoms with Crippen LogP contribution in [0, 0.1) is 2.88 Å². The summed E-state index contributed by atoms with van der Waals surface area (Å²) in [5.74, 6) is 0. The number of benzene rings is 1. The molecule has 0 aliphatic heterocycles. The predicted octanol–water partition coefficient (Wildman–Crippen LogP) is 4.87. The maximum Gasteiger partial charge on any atom is 0.0843 e. The average Bonchev–Trinajstić information content (AvgIpc) is 2.83. The smallest absolute Gasteiger partial charge is 0.0843 e. The standard InChI is InChI=1S/C14H14ClIOS/c1-17-7-6-10-2-4-11(5-3-10)14(15)12-8-13(16)18-9-12/h2-5,8-9,14H,6-7H2,1H3. The molecule has 0 spiro atoms. The topological polar surface area (TPSA) is 9.23 Å². The zero-order valence-electron chi connectivity index (χ0n) is 10.0. The van der Waals surface area contributed by atoms with E-state index in [4.69, 9.17) is 16.3 Å². The van der Waals surface area contributed by atoms with Crippen molar-refractivity contribution in [2.24, 2.45) is 0 Å². The number of methoxy groups -OCH3 is 1. The Morgan fingerprint density at radius 1 is 1.28 bits per heavy atom. The third-order valence-corrected chi connectivity index (χ3v) is 5.06. The van der Waals surface area contributed by atoms with E-state index < -0.39 is 0 Å². The lowest BCUT2D eigenvalue weighted by molar-refractivity contribution is 0.202. The normalized spacial score (nSPS) is 12.6. The van der Waals surface area contributed by atoms with Crippen LogP contribution in [0.1, 0.15) is 22.1 Å². The SMILES string of the molecule is COCCc1ccc(C(Cl)c2csc(I)c2)cc1. The van der Waals surface area contributed by atoms with Crippen LogP contribution in [0.3, 0.4) is 0 Å². The van der Waals surface area contributed by atoms with Gasteiger partial charge in [-0.05, 0) is 57.1 Å². The van der Waals surface area contributed by atoms with E-state index in [2.05, 4.69) is 58.3 Å². The van der Waals surface area contributed by atoms with E-state index in [1.54, 1.807) is 18.4 Å². The number of ether oxygens (including phenoxy) is 1. The van der Waals surface area contributed by atoms with Gasteiger partial charge in [-0.2, -0.15) is 0 Å².